The number of pyridine rings is 2. The molecule has 37 heavy (non-hydrogen) atoms. The second-order valence-corrected chi connectivity index (χ2v) is 11.0. The molecule has 1 fully saturated rings. The number of aryl methyl sites for hydroxylation is 1. The monoisotopic (exact) mass is 538 g/mol. The highest BCUT2D eigenvalue weighted by Gasteiger charge is 2.40. The van der Waals surface area contributed by atoms with Gasteiger partial charge in [-0.3, -0.25) is 14.3 Å². The van der Waals surface area contributed by atoms with Gasteiger partial charge in [0, 0.05) is 30.9 Å². The van der Waals surface area contributed by atoms with Crippen LogP contribution in [0.15, 0.2) is 46.2 Å². The van der Waals surface area contributed by atoms with E-state index in [2.05, 4.69) is 9.97 Å². The normalized spacial score (nSPS) is 14.5. The Morgan fingerprint density at radius 3 is 2.24 bits per heavy atom. The summed E-state index contributed by atoms with van der Waals surface area (Å²) in [6, 6.07) is 4.06. The minimum atomic E-state index is -4.80. The van der Waals surface area contributed by atoms with Crippen LogP contribution in [0.5, 0.6) is 0 Å². The Hall–Kier alpha value is -3.61. The number of imidazole rings is 1. The number of fused-ring (bicyclic) bond motifs is 1. The van der Waals surface area contributed by atoms with Gasteiger partial charge in [0.25, 0.3) is 5.56 Å². The molecular formula is C24H19F5N4O3S. The molecule has 3 aromatic heterocycles. The van der Waals surface area contributed by atoms with E-state index in [1.807, 2.05) is 0 Å². The van der Waals surface area contributed by atoms with Crippen molar-refractivity contribution >= 4 is 20.9 Å². The lowest BCUT2D eigenvalue weighted by molar-refractivity contribution is -0.144. The van der Waals surface area contributed by atoms with Crippen LogP contribution in [0.2, 0.25) is 0 Å². The standard InChI is InChI=1S/C24H19F5N4O3S/c1-3-37(35,36)18-8-13(12-6-14(25)9-15(26)7-12)11-30-20(18)22-31-17-10-19(24(27,28)29)33(16-4-5-16)23(34)21(17)32(22)2/h6-11,16H,3-5H2,1-2H3. The van der Waals surface area contributed by atoms with Crippen LogP contribution in [-0.2, 0) is 23.1 Å². The van der Waals surface area contributed by atoms with Crippen molar-refractivity contribution in [3.63, 3.8) is 0 Å². The second kappa shape index (κ2) is 8.47. The van der Waals surface area contributed by atoms with Crippen LogP contribution < -0.4 is 5.56 Å². The molecule has 0 atom stereocenters. The number of hydrogen-bond donors (Lipinski definition) is 0. The van der Waals surface area contributed by atoms with Crippen LogP contribution in [0.25, 0.3) is 33.7 Å². The molecule has 0 amide bonds. The summed E-state index contributed by atoms with van der Waals surface area (Å²) in [6.07, 6.45) is -2.75. The van der Waals surface area contributed by atoms with Gasteiger partial charge in [-0.1, -0.05) is 6.92 Å². The number of nitrogens with zero attached hydrogens (tertiary/aromatic N) is 4. The van der Waals surface area contributed by atoms with Crippen molar-refractivity contribution in [2.75, 3.05) is 5.75 Å². The number of benzene rings is 1. The van der Waals surface area contributed by atoms with Crippen LogP contribution in [0.1, 0.15) is 31.5 Å². The van der Waals surface area contributed by atoms with Gasteiger partial charge in [0.15, 0.2) is 15.7 Å². The average Bonchev–Trinajstić information content (AvgIpc) is 3.60. The summed E-state index contributed by atoms with van der Waals surface area (Å²) in [5.41, 5.74) is -2.47. The summed E-state index contributed by atoms with van der Waals surface area (Å²) in [5, 5.41) is 0. The van der Waals surface area contributed by atoms with Crippen LogP contribution >= 0.6 is 0 Å². The van der Waals surface area contributed by atoms with Crippen LogP contribution in [0.3, 0.4) is 0 Å². The SMILES string of the molecule is CCS(=O)(=O)c1cc(-c2cc(F)cc(F)c2)cnc1-c1nc2cc(C(F)(F)F)n(C3CC3)c(=O)c2n1C. The number of aromatic nitrogens is 4. The van der Waals surface area contributed by atoms with E-state index >= 15 is 0 Å². The zero-order valence-electron chi connectivity index (χ0n) is 19.5. The quantitative estimate of drug-likeness (QED) is 0.338. The number of alkyl halides is 3. The first kappa shape index (κ1) is 25.1. The van der Waals surface area contributed by atoms with E-state index in [0.717, 1.165) is 18.2 Å². The van der Waals surface area contributed by atoms with Crippen molar-refractivity contribution in [3.8, 4) is 22.6 Å². The number of sulfone groups is 1. The van der Waals surface area contributed by atoms with Crippen molar-refractivity contribution in [3.05, 3.63) is 64.2 Å². The van der Waals surface area contributed by atoms with Crippen LogP contribution in [0.4, 0.5) is 22.0 Å². The van der Waals surface area contributed by atoms with Crippen molar-refractivity contribution in [2.24, 2.45) is 7.05 Å². The lowest BCUT2D eigenvalue weighted by Crippen LogP contribution is -2.28. The highest BCUT2D eigenvalue weighted by molar-refractivity contribution is 7.91. The molecule has 5 rings (SSSR count). The van der Waals surface area contributed by atoms with E-state index in [4.69, 9.17) is 0 Å². The first-order chi connectivity index (χ1) is 17.3. The van der Waals surface area contributed by atoms with Gasteiger partial charge in [0.2, 0.25) is 0 Å². The fraction of sp³-hybridized carbons (Fsp3) is 0.292. The van der Waals surface area contributed by atoms with E-state index in [0.29, 0.717) is 23.5 Å². The van der Waals surface area contributed by atoms with E-state index < -0.39 is 44.9 Å². The summed E-state index contributed by atoms with van der Waals surface area (Å²) >= 11 is 0. The lowest BCUT2D eigenvalue weighted by Gasteiger charge is -2.15. The third kappa shape index (κ3) is 4.30. The Balaban J connectivity index is 1.78. The van der Waals surface area contributed by atoms with Gasteiger partial charge >= 0.3 is 6.18 Å². The fourth-order valence-electron chi connectivity index (χ4n) is 4.30. The molecule has 13 heteroatoms. The second-order valence-electron chi connectivity index (χ2n) is 8.79. The van der Waals surface area contributed by atoms with E-state index in [1.165, 1.54) is 30.8 Å². The smallest absolute Gasteiger partial charge is 0.321 e. The van der Waals surface area contributed by atoms with Crippen LogP contribution in [0, 0.1) is 11.6 Å². The lowest BCUT2D eigenvalue weighted by atomic mass is 10.1. The molecule has 1 aliphatic rings. The minimum Gasteiger partial charge on any atom is -0.321 e. The third-order valence-electron chi connectivity index (χ3n) is 6.25. The molecule has 1 saturated carbocycles. The predicted molar refractivity (Wildman–Crippen MR) is 125 cm³/mol. The Morgan fingerprint density at radius 1 is 1.03 bits per heavy atom. The molecule has 0 N–H and O–H groups in total. The largest absolute Gasteiger partial charge is 0.431 e. The number of hydrogen-bond acceptors (Lipinski definition) is 5. The van der Waals surface area contributed by atoms with Gasteiger partial charge in [-0.15, -0.1) is 0 Å². The minimum absolute atomic E-state index is 0.0382. The summed E-state index contributed by atoms with van der Waals surface area (Å²) < 4.78 is 96.8. The molecule has 0 unspecified atom stereocenters. The first-order valence-corrected chi connectivity index (χ1v) is 12.9. The van der Waals surface area contributed by atoms with Crippen molar-refractivity contribution < 1.29 is 30.4 Å². The molecular weight excluding hydrogens is 519 g/mol. The third-order valence-corrected chi connectivity index (χ3v) is 8.00. The summed E-state index contributed by atoms with van der Waals surface area (Å²) in [6.45, 7) is 1.38. The Bertz CT molecular complexity index is 1720. The van der Waals surface area contributed by atoms with E-state index in [9.17, 15) is 35.2 Å². The van der Waals surface area contributed by atoms with E-state index in [1.54, 1.807) is 0 Å². The average molecular weight is 538 g/mol. The molecule has 1 aromatic carbocycles. The summed E-state index contributed by atoms with van der Waals surface area (Å²) in [5.74, 6) is -2.25. The molecule has 0 spiro atoms. The zero-order chi connectivity index (χ0) is 26.9. The fourth-order valence-corrected chi connectivity index (χ4v) is 5.36. The Morgan fingerprint density at radius 2 is 1.68 bits per heavy atom. The van der Waals surface area contributed by atoms with Gasteiger partial charge in [-0.25, -0.2) is 22.2 Å². The van der Waals surface area contributed by atoms with Crippen LogP contribution in [-0.4, -0.2) is 33.3 Å². The van der Waals surface area contributed by atoms with Gasteiger partial charge in [0.1, 0.15) is 28.5 Å². The maximum Gasteiger partial charge on any atom is 0.431 e. The van der Waals surface area contributed by atoms with Crippen molar-refractivity contribution in [2.45, 2.75) is 36.9 Å². The molecule has 1 aliphatic carbocycles. The summed E-state index contributed by atoms with van der Waals surface area (Å²) in [4.78, 5) is 21.2. The molecule has 194 valence electrons. The molecule has 3 heterocycles. The number of rotatable bonds is 5. The summed E-state index contributed by atoms with van der Waals surface area (Å²) in [7, 11) is -2.62. The van der Waals surface area contributed by atoms with Gasteiger partial charge in [0.05, 0.1) is 16.2 Å². The topological polar surface area (TPSA) is 86.8 Å². The highest BCUT2D eigenvalue weighted by atomic mass is 32.2. The zero-order valence-corrected chi connectivity index (χ0v) is 20.3. The maximum atomic E-state index is 13.8. The predicted octanol–water partition coefficient (Wildman–Crippen LogP) is 4.89. The molecule has 4 aromatic rings. The Kier molecular flexibility index (Phi) is 5.73. The van der Waals surface area contributed by atoms with Gasteiger partial charge in [-0.2, -0.15) is 13.2 Å². The molecule has 0 radical (unpaired) electrons. The number of halogens is 5. The maximum absolute atomic E-state index is 13.8. The van der Waals surface area contributed by atoms with Crippen molar-refractivity contribution in [1.82, 2.24) is 19.1 Å². The highest BCUT2D eigenvalue weighted by Crippen LogP contribution is 2.40. The van der Waals surface area contributed by atoms with Gasteiger partial charge in [-0.05, 0) is 42.7 Å². The van der Waals surface area contributed by atoms with Gasteiger partial charge < -0.3 is 4.57 Å². The molecule has 7 nitrogen and oxygen atoms in total. The van der Waals surface area contributed by atoms with E-state index in [-0.39, 0.29) is 44.3 Å². The molecule has 0 bridgehead atoms. The molecule has 0 aliphatic heterocycles. The Labute approximate surface area is 207 Å². The van der Waals surface area contributed by atoms with Crippen molar-refractivity contribution in [1.29, 1.82) is 0 Å². The first-order valence-electron chi connectivity index (χ1n) is 11.2. The molecule has 0 saturated heterocycles.